The van der Waals surface area contributed by atoms with E-state index in [1.165, 1.54) is 17.4 Å². The minimum absolute atomic E-state index is 0.0455. The van der Waals surface area contributed by atoms with E-state index in [-0.39, 0.29) is 30.4 Å². The van der Waals surface area contributed by atoms with Crippen LogP contribution in [0, 0.1) is 11.3 Å². The van der Waals surface area contributed by atoms with Gasteiger partial charge in [-0.3, -0.25) is 4.79 Å². The molecule has 0 radical (unpaired) electrons. The summed E-state index contributed by atoms with van der Waals surface area (Å²) >= 11 is 0. The Hall–Kier alpha value is -1.90. The number of carbonyl (C=O) groups excluding carboxylic acids is 1. The highest BCUT2D eigenvalue weighted by molar-refractivity contribution is 5.76. The summed E-state index contributed by atoms with van der Waals surface area (Å²) in [5.41, 5.74) is 0. The standard InChI is InChI=1S/C12H17N5O/c1-9-4-3-5-10(2)17(9)12(18)7-16-8-14-11(6-13)15-16/h8-10H,3-5,7H2,1-2H3/t9-,10+. The summed E-state index contributed by atoms with van der Waals surface area (Å²) in [4.78, 5) is 18.0. The van der Waals surface area contributed by atoms with Gasteiger partial charge in [-0.2, -0.15) is 5.26 Å². The molecule has 2 heterocycles. The maximum absolute atomic E-state index is 12.2. The maximum Gasteiger partial charge on any atom is 0.252 e. The fourth-order valence-electron chi connectivity index (χ4n) is 2.56. The van der Waals surface area contributed by atoms with Crippen molar-refractivity contribution in [2.45, 2.75) is 51.7 Å². The molecule has 2 rings (SSSR count). The van der Waals surface area contributed by atoms with Gasteiger partial charge in [0, 0.05) is 12.1 Å². The van der Waals surface area contributed by atoms with E-state index in [1.54, 1.807) is 0 Å². The molecular weight excluding hydrogens is 230 g/mol. The molecule has 0 unspecified atom stereocenters. The van der Waals surface area contributed by atoms with Crippen LogP contribution < -0.4 is 0 Å². The molecule has 1 aliphatic heterocycles. The van der Waals surface area contributed by atoms with Gasteiger partial charge in [0.1, 0.15) is 18.9 Å². The van der Waals surface area contributed by atoms with E-state index < -0.39 is 0 Å². The Balaban J connectivity index is 2.04. The number of hydrogen-bond donors (Lipinski definition) is 0. The number of nitriles is 1. The van der Waals surface area contributed by atoms with Crippen molar-refractivity contribution < 1.29 is 4.79 Å². The fourth-order valence-corrected chi connectivity index (χ4v) is 2.56. The lowest BCUT2D eigenvalue weighted by molar-refractivity contribution is -0.138. The van der Waals surface area contributed by atoms with Crippen LogP contribution in [-0.4, -0.2) is 37.7 Å². The van der Waals surface area contributed by atoms with Gasteiger partial charge < -0.3 is 4.90 Å². The van der Waals surface area contributed by atoms with Gasteiger partial charge >= 0.3 is 0 Å². The number of amides is 1. The zero-order valence-corrected chi connectivity index (χ0v) is 10.7. The average molecular weight is 247 g/mol. The lowest BCUT2D eigenvalue weighted by atomic mass is 9.97. The normalized spacial score (nSPS) is 23.7. The summed E-state index contributed by atoms with van der Waals surface area (Å²) in [7, 11) is 0. The van der Waals surface area contributed by atoms with Crippen LogP contribution >= 0.6 is 0 Å². The van der Waals surface area contributed by atoms with Crippen molar-refractivity contribution >= 4 is 5.91 Å². The van der Waals surface area contributed by atoms with Gasteiger partial charge in [-0.05, 0) is 33.1 Å². The lowest BCUT2D eigenvalue weighted by Gasteiger charge is -2.39. The van der Waals surface area contributed by atoms with Crippen LogP contribution in [-0.2, 0) is 11.3 Å². The van der Waals surface area contributed by atoms with Gasteiger partial charge in [0.15, 0.2) is 0 Å². The van der Waals surface area contributed by atoms with Crippen molar-refractivity contribution in [3.8, 4) is 6.07 Å². The third kappa shape index (κ3) is 2.50. The number of rotatable bonds is 2. The van der Waals surface area contributed by atoms with Gasteiger partial charge in [0.2, 0.25) is 5.91 Å². The van der Waals surface area contributed by atoms with Crippen LogP contribution in [0.4, 0.5) is 0 Å². The maximum atomic E-state index is 12.2. The Morgan fingerprint density at radius 3 is 2.72 bits per heavy atom. The summed E-state index contributed by atoms with van der Waals surface area (Å²) in [5.74, 6) is 0.145. The first-order valence-electron chi connectivity index (χ1n) is 6.22. The lowest BCUT2D eigenvalue weighted by Crippen LogP contribution is -2.48. The fraction of sp³-hybridized carbons (Fsp3) is 0.667. The van der Waals surface area contributed by atoms with E-state index in [0.717, 1.165) is 12.8 Å². The molecule has 0 aromatic carbocycles. The molecule has 1 fully saturated rings. The molecule has 6 heteroatoms. The topological polar surface area (TPSA) is 74.8 Å². The Bertz CT molecular complexity index is 465. The molecule has 18 heavy (non-hydrogen) atoms. The average Bonchev–Trinajstić information content (AvgIpc) is 2.76. The third-order valence-electron chi connectivity index (χ3n) is 3.42. The summed E-state index contributed by atoms with van der Waals surface area (Å²) in [6, 6.07) is 2.41. The minimum atomic E-state index is 0.0455. The first-order chi connectivity index (χ1) is 8.61. The monoisotopic (exact) mass is 247 g/mol. The van der Waals surface area contributed by atoms with Crippen molar-refractivity contribution in [2.75, 3.05) is 0 Å². The predicted octanol–water partition coefficient (Wildman–Crippen LogP) is 0.939. The van der Waals surface area contributed by atoms with Crippen molar-refractivity contribution in [1.82, 2.24) is 19.7 Å². The third-order valence-corrected chi connectivity index (χ3v) is 3.42. The molecular formula is C12H17N5O. The summed E-state index contributed by atoms with van der Waals surface area (Å²) < 4.78 is 1.43. The van der Waals surface area contributed by atoms with Crippen LogP contribution in [0.25, 0.3) is 0 Å². The van der Waals surface area contributed by atoms with Crippen LogP contribution in [0.2, 0.25) is 0 Å². The zero-order chi connectivity index (χ0) is 13.1. The molecule has 1 aromatic heterocycles. The van der Waals surface area contributed by atoms with Gasteiger partial charge in [0.25, 0.3) is 5.82 Å². The summed E-state index contributed by atoms with van der Waals surface area (Å²) in [6.45, 7) is 4.31. The SMILES string of the molecule is C[C@@H]1CCC[C@H](C)N1C(=O)Cn1cnc(C#N)n1. The van der Waals surface area contributed by atoms with Crippen LogP contribution in [0.5, 0.6) is 0 Å². The molecule has 0 N–H and O–H groups in total. The van der Waals surface area contributed by atoms with E-state index >= 15 is 0 Å². The molecule has 1 amide bonds. The van der Waals surface area contributed by atoms with E-state index in [2.05, 4.69) is 23.9 Å². The van der Waals surface area contributed by atoms with E-state index in [9.17, 15) is 4.79 Å². The minimum Gasteiger partial charge on any atom is -0.336 e. The highest BCUT2D eigenvalue weighted by Crippen LogP contribution is 2.22. The number of carbonyl (C=O) groups is 1. The van der Waals surface area contributed by atoms with E-state index in [1.807, 2.05) is 11.0 Å². The Labute approximate surface area is 106 Å². The Morgan fingerprint density at radius 2 is 2.17 bits per heavy atom. The van der Waals surface area contributed by atoms with Crippen molar-refractivity contribution in [1.29, 1.82) is 5.26 Å². The molecule has 2 atom stereocenters. The molecule has 1 aliphatic rings. The zero-order valence-electron chi connectivity index (χ0n) is 10.7. The van der Waals surface area contributed by atoms with E-state index in [4.69, 9.17) is 5.26 Å². The molecule has 0 spiro atoms. The second-order valence-corrected chi connectivity index (χ2v) is 4.81. The Kier molecular flexibility index (Phi) is 3.60. The predicted molar refractivity (Wildman–Crippen MR) is 64.4 cm³/mol. The van der Waals surface area contributed by atoms with Crippen molar-refractivity contribution in [3.63, 3.8) is 0 Å². The van der Waals surface area contributed by atoms with Crippen LogP contribution in [0.3, 0.4) is 0 Å². The highest BCUT2D eigenvalue weighted by atomic mass is 16.2. The highest BCUT2D eigenvalue weighted by Gasteiger charge is 2.28. The smallest absolute Gasteiger partial charge is 0.252 e. The van der Waals surface area contributed by atoms with Gasteiger partial charge in [-0.1, -0.05) is 0 Å². The van der Waals surface area contributed by atoms with Crippen LogP contribution in [0.1, 0.15) is 38.9 Å². The Morgan fingerprint density at radius 1 is 1.50 bits per heavy atom. The number of aromatic nitrogens is 3. The number of piperidine rings is 1. The number of nitrogens with zero attached hydrogens (tertiary/aromatic N) is 5. The van der Waals surface area contributed by atoms with Crippen molar-refractivity contribution in [2.24, 2.45) is 0 Å². The van der Waals surface area contributed by atoms with Crippen molar-refractivity contribution in [3.05, 3.63) is 12.2 Å². The number of likely N-dealkylation sites (tertiary alicyclic amines) is 1. The molecule has 1 aromatic rings. The molecule has 0 aliphatic carbocycles. The largest absolute Gasteiger partial charge is 0.336 e. The second-order valence-electron chi connectivity index (χ2n) is 4.81. The first-order valence-corrected chi connectivity index (χ1v) is 6.22. The first kappa shape index (κ1) is 12.6. The number of hydrogen-bond acceptors (Lipinski definition) is 4. The summed E-state index contributed by atoms with van der Waals surface area (Å²) in [5, 5.41) is 12.5. The molecule has 1 saturated heterocycles. The molecule has 6 nitrogen and oxygen atoms in total. The molecule has 0 saturated carbocycles. The van der Waals surface area contributed by atoms with Crippen LogP contribution in [0.15, 0.2) is 6.33 Å². The van der Waals surface area contributed by atoms with Gasteiger partial charge in [0.05, 0.1) is 0 Å². The van der Waals surface area contributed by atoms with E-state index in [0.29, 0.717) is 0 Å². The summed E-state index contributed by atoms with van der Waals surface area (Å²) in [6.07, 6.45) is 4.71. The molecule has 96 valence electrons. The second kappa shape index (κ2) is 5.17. The van der Waals surface area contributed by atoms with Gasteiger partial charge in [-0.15, -0.1) is 5.10 Å². The quantitative estimate of drug-likeness (QED) is 0.779. The molecule has 0 bridgehead atoms. The van der Waals surface area contributed by atoms with Gasteiger partial charge in [-0.25, -0.2) is 9.67 Å².